The molecule has 0 aliphatic carbocycles. The van der Waals surface area contributed by atoms with Crippen molar-refractivity contribution < 1.29 is 4.52 Å². The minimum Gasteiger partial charge on any atom is -0.357 e. The van der Waals surface area contributed by atoms with E-state index >= 15 is 0 Å². The van der Waals surface area contributed by atoms with Crippen molar-refractivity contribution in [2.45, 2.75) is 33.2 Å². The van der Waals surface area contributed by atoms with Crippen molar-refractivity contribution in [2.75, 3.05) is 13.1 Å². The topological polar surface area (TPSA) is 75.3 Å². The molecular weight excluding hydrogens is 413 g/mol. The maximum Gasteiger partial charge on any atom is 0.248 e. The Balaban J connectivity index is 0.00000242. The first kappa shape index (κ1) is 18.9. The van der Waals surface area contributed by atoms with E-state index in [0.29, 0.717) is 24.2 Å². The van der Waals surface area contributed by atoms with E-state index in [2.05, 4.69) is 50.2 Å². The molecule has 0 aromatic carbocycles. The van der Waals surface area contributed by atoms with Gasteiger partial charge in [0.25, 0.3) is 0 Å². The lowest BCUT2D eigenvalue weighted by Crippen LogP contribution is -2.39. The van der Waals surface area contributed by atoms with E-state index in [1.807, 2.05) is 6.92 Å². The van der Waals surface area contributed by atoms with E-state index < -0.39 is 0 Å². The van der Waals surface area contributed by atoms with Crippen LogP contribution in [0.5, 0.6) is 0 Å². The van der Waals surface area contributed by atoms with Crippen LogP contribution in [-0.2, 0) is 6.54 Å². The fourth-order valence-corrected chi connectivity index (χ4v) is 2.60. The summed E-state index contributed by atoms with van der Waals surface area (Å²) in [7, 11) is 0. The second-order valence-electron chi connectivity index (χ2n) is 4.73. The third kappa shape index (κ3) is 5.91. The first-order valence-electron chi connectivity index (χ1n) is 7.03. The fraction of sp³-hybridized carbons (Fsp3) is 0.500. The summed E-state index contributed by atoms with van der Waals surface area (Å²) in [5, 5.41) is 12.4. The third-order valence-corrected chi connectivity index (χ3v) is 3.99. The molecule has 6 nitrogen and oxygen atoms in total. The van der Waals surface area contributed by atoms with Gasteiger partial charge in [-0.1, -0.05) is 18.1 Å². The van der Waals surface area contributed by atoms with Crippen LogP contribution in [0.15, 0.2) is 27.0 Å². The molecule has 0 amide bonds. The molecule has 0 saturated carbocycles. The van der Waals surface area contributed by atoms with Crippen LogP contribution in [0.3, 0.4) is 0 Å². The Morgan fingerprint density at radius 1 is 1.45 bits per heavy atom. The summed E-state index contributed by atoms with van der Waals surface area (Å²) >= 11 is 1.78. The van der Waals surface area contributed by atoms with Gasteiger partial charge in [0.15, 0.2) is 11.8 Å². The highest BCUT2D eigenvalue weighted by molar-refractivity contribution is 14.0. The van der Waals surface area contributed by atoms with Gasteiger partial charge in [-0.15, -0.1) is 35.3 Å². The number of halogens is 1. The van der Waals surface area contributed by atoms with Crippen molar-refractivity contribution in [2.24, 2.45) is 4.99 Å². The molecule has 122 valence electrons. The average Bonchev–Trinajstić information content (AvgIpc) is 3.13. The van der Waals surface area contributed by atoms with Crippen molar-refractivity contribution >= 4 is 41.3 Å². The van der Waals surface area contributed by atoms with Gasteiger partial charge < -0.3 is 15.2 Å². The first-order valence-corrected chi connectivity index (χ1v) is 7.91. The van der Waals surface area contributed by atoms with Gasteiger partial charge in [-0.3, -0.25) is 0 Å². The monoisotopic (exact) mass is 435 g/mol. The molecule has 2 N–H and O–H groups in total. The van der Waals surface area contributed by atoms with Crippen molar-refractivity contribution in [3.63, 3.8) is 0 Å². The zero-order valence-electron chi connectivity index (χ0n) is 13.0. The van der Waals surface area contributed by atoms with Crippen LogP contribution in [-0.4, -0.2) is 29.2 Å². The summed E-state index contributed by atoms with van der Waals surface area (Å²) in [6.07, 6.45) is 0. The predicted octanol–water partition coefficient (Wildman–Crippen LogP) is 2.92. The van der Waals surface area contributed by atoms with E-state index in [4.69, 9.17) is 4.52 Å². The summed E-state index contributed by atoms with van der Waals surface area (Å²) in [6.45, 7) is 8.05. The Morgan fingerprint density at radius 2 is 2.27 bits per heavy atom. The first-order chi connectivity index (χ1) is 10.2. The third-order valence-electron chi connectivity index (χ3n) is 2.89. The molecule has 1 atom stereocenters. The molecule has 0 spiro atoms. The van der Waals surface area contributed by atoms with Gasteiger partial charge in [-0.2, -0.15) is 4.98 Å². The molecule has 0 saturated heterocycles. The number of aryl methyl sites for hydroxylation is 1. The molecule has 2 aromatic rings. The SMILES string of the molecule is CCNC(=NCc1nc(C)no1)NCC(C)c1cccs1.I. The van der Waals surface area contributed by atoms with Gasteiger partial charge in [0.1, 0.15) is 6.54 Å². The molecule has 2 aromatic heterocycles. The van der Waals surface area contributed by atoms with Crippen LogP contribution in [0.4, 0.5) is 0 Å². The summed E-state index contributed by atoms with van der Waals surface area (Å²) in [5.41, 5.74) is 0. The second kappa shape index (κ2) is 9.78. The second-order valence-corrected chi connectivity index (χ2v) is 5.71. The summed E-state index contributed by atoms with van der Waals surface area (Å²) in [4.78, 5) is 9.96. The van der Waals surface area contributed by atoms with E-state index in [0.717, 1.165) is 19.0 Å². The number of aromatic nitrogens is 2. The van der Waals surface area contributed by atoms with Crippen LogP contribution in [0.25, 0.3) is 0 Å². The molecular formula is C14H22IN5OS. The number of hydrogen-bond acceptors (Lipinski definition) is 5. The Morgan fingerprint density at radius 3 is 2.86 bits per heavy atom. The Kier molecular flexibility index (Phi) is 8.39. The molecule has 2 rings (SSSR count). The van der Waals surface area contributed by atoms with Crippen molar-refractivity contribution in [1.82, 2.24) is 20.8 Å². The lowest BCUT2D eigenvalue weighted by molar-refractivity contribution is 0.376. The van der Waals surface area contributed by atoms with E-state index in [1.54, 1.807) is 18.3 Å². The smallest absolute Gasteiger partial charge is 0.248 e. The highest BCUT2D eigenvalue weighted by Gasteiger charge is 2.08. The molecule has 0 aliphatic rings. The minimum absolute atomic E-state index is 0. The number of hydrogen-bond donors (Lipinski definition) is 2. The fourth-order valence-electron chi connectivity index (χ4n) is 1.81. The normalized spacial score (nSPS) is 12.6. The zero-order chi connectivity index (χ0) is 15.1. The highest BCUT2D eigenvalue weighted by atomic mass is 127. The maximum atomic E-state index is 5.06. The van der Waals surface area contributed by atoms with Gasteiger partial charge in [0, 0.05) is 23.9 Å². The van der Waals surface area contributed by atoms with Gasteiger partial charge in [-0.05, 0) is 25.3 Å². The van der Waals surface area contributed by atoms with Gasteiger partial charge in [0.05, 0.1) is 0 Å². The van der Waals surface area contributed by atoms with Gasteiger partial charge in [-0.25, -0.2) is 4.99 Å². The standard InChI is InChI=1S/C14H21N5OS.HI/c1-4-15-14(17-9-13-18-11(3)19-20-13)16-8-10(2)12-6-5-7-21-12;/h5-7,10H,4,8-9H2,1-3H3,(H2,15,16,17);1H. The molecule has 0 fully saturated rings. The zero-order valence-corrected chi connectivity index (χ0v) is 16.1. The number of nitrogens with one attached hydrogen (secondary N) is 2. The summed E-state index contributed by atoms with van der Waals surface area (Å²) in [5.74, 6) is 2.36. The van der Waals surface area contributed by atoms with E-state index in [1.165, 1.54) is 4.88 Å². The highest BCUT2D eigenvalue weighted by Crippen LogP contribution is 2.19. The number of aliphatic imine (C=N–C) groups is 1. The molecule has 0 bridgehead atoms. The Labute approximate surface area is 151 Å². The minimum atomic E-state index is 0. The van der Waals surface area contributed by atoms with E-state index in [9.17, 15) is 0 Å². The van der Waals surface area contributed by atoms with Crippen LogP contribution in [0.2, 0.25) is 0 Å². The number of nitrogens with zero attached hydrogens (tertiary/aromatic N) is 3. The molecule has 22 heavy (non-hydrogen) atoms. The molecule has 1 unspecified atom stereocenters. The Hall–Kier alpha value is -1.16. The van der Waals surface area contributed by atoms with Crippen molar-refractivity contribution in [3.8, 4) is 0 Å². The van der Waals surface area contributed by atoms with E-state index in [-0.39, 0.29) is 24.0 Å². The molecule has 0 radical (unpaired) electrons. The summed E-state index contributed by atoms with van der Waals surface area (Å²) < 4.78 is 5.06. The number of guanidine groups is 1. The molecule has 0 aliphatic heterocycles. The maximum absolute atomic E-state index is 5.06. The molecule has 8 heteroatoms. The quantitative estimate of drug-likeness (QED) is 0.415. The largest absolute Gasteiger partial charge is 0.357 e. The van der Waals surface area contributed by atoms with Crippen LogP contribution >= 0.6 is 35.3 Å². The van der Waals surface area contributed by atoms with Gasteiger partial charge in [0.2, 0.25) is 5.89 Å². The lowest BCUT2D eigenvalue weighted by atomic mass is 10.1. The number of rotatable bonds is 6. The summed E-state index contributed by atoms with van der Waals surface area (Å²) in [6, 6.07) is 4.23. The predicted molar refractivity (Wildman–Crippen MR) is 100 cm³/mol. The molecule has 2 heterocycles. The lowest BCUT2D eigenvalue weighted by Gasteiger charge is -2.14. The van der Waals surface area contributed by atoms with Crippen LogP contribution < -0.4 is 10.6 Å². The average molecular weight is 435 g/mol. The number of thiophene rings is 1. The Bertz CT molecular complexity index is 570. The van der Waals surface area contributed by atoms with Crippen molar-refractivity contribution in [3.05, 3.63) is 34.1 Å². The van der Waals surface area contributed by atoms with Crippen molar-refractivity contribution in [1.29, 1.82) is 0 Å². The van der Waals surface area contributed by atoms with Crippen LogP contribution in [0, 0.1) is 6.92 Å². The van der Waals surface area contributed by atoms with Crippen LogP contribution in [0.1, 0.15) is 36.4 Å². The van der Waals surface area contributed by atoms with Gasteiger partial charge >= 0.3 is 0 Å².